The van der Waals surface area contributed by atoms with Gasteiger partial charge in [0, 0.05) is 30.4 Å². The van der Waals surface area contributed by atoms with Gasteiger partial charge in [-0.1, -0.05) is 24.3 Å². The molecule has 0 aliphatic rings. The van der Waals surface area contributed by atoms with Crippen LogP contribution in [0.3, 0.4) is 0 Å². The maximum Gasteiger partial charge on any atom is 0.257 e. The maximum absolute atomic E-state index is 13.6. The second-order valence-corrected chi connectivity index (χ2v) is 5.61. The third kappa shape index (κ3) is 3.57. The number of anilines is 1. The molecule has 1 aromatic heterocycles. The summed E-state index contributed by atoms with van der Waals surface area (Å²) in [7, 11) is 0. The van der Waals surface area contributed by atoms with Crippen LogP contribution in [0.15, 0.2) is 48.7 Å². The van der Waals surface area contributed by atoms with Crippen molar-refractivity contribution in [1.82, 2.24) is 10.3 Å². The number of hydrogen-bond acceptors (Lipinski definition) is 3. The standard InChI is InChI=1S/C19H17F2N3O/c1-12-4-2-5-13-16(8-9-23-18(12)13)22-10-11-24-19(25)17-14(20)6-3-7-15(17)21/h2-9H,10-11H2,1H3,(H,22,23)(H,24,25). The average Bonchev–Trinajstić information content (AvgIpc) is 2.59. The van der Waals surface area contributed by atoms with Gasteiger partial charge < -0.3 is 10.6 Å². The van der Waals surface area contributed by atoms with Crippen molar-refractivity contribution in [2.75, 3.05) is 18.4 Å². The predicted molar refractivity (Wildman–Crippen MR) is 93.7 cm³/mol. The van der Waals surface area contributed by atoms with Crippen LogP contribution < -0.4 is 10.6 Å². The summed E-state index contributed by atoms with van der Waals surface area (Å²) >= 11 is 0. The van der Waals surface area contributed by atoms with E-state index in [1.54, 1.807) is 6.20 Å². The maximum atomic E-state index is 13.6. The van der Waals surface area contributed by atoms with Crippen molar-refractivity contribution in [3.63, 3.8) is 0 Å². The number of fused-ring (bicyclic) bond motifs is 1. The van der Waals surface area contributed by atoms with Crippen LogP contribution in [-0.4, -0.2) is 24.0 Å². The average molecular weight is 341 g/mol. The van der Waals surface area contributed by atoms with Gasteiger partial charge in [-0.05, 0) is 30.7 Å². The van der Waals surface area contributed by atoms with Gasteiger partial charge in [-0.15, -0.1) is 0 Å². The number of carbonyl (C=O) groups is 1. The molecular formula is C19H17F2N3O. The quantitative estimate of drug-likeness (QED) is 0.696. The van der Waals surface area contributed by atoms with Crippen LogP contribution in [0.4, 0.5) is 14.5 Å². The van der Waals surface area contributed by atoms with Crippen LogP contribution in [0.5, 0.6) is 0 Å². The predicted octanol–water partition coefficient (Wildman–Crippen LogP) is 3.66. The molecule has 3 rings (SSSR count). The lowest BCUT2D eigenvalue weighted by atomic mass is 10.1. The first kappa shape index (κ1) is 16.8. The Kier molecular flexibility index (Phi) is 4.88. The number of benzene rings is 2. The first-order chi connectivity index (χ1) is 12.1. The van der Waals surface area contributed by atoms with Crippen LogP contribution in [0.25, 0.3) is 10.9 Å². The Balaban J connectivity index is 1.63. The lowest BCUT2D eigenvalue weighted by Crippen LogP contribution is -2.30. The number of hydrogen-bond donors (Lipinski definition) is 2. The third-order valence-corrected chi connectivity index (χ3v) is 3.89. The van der Waals surface area contributed by atoms with E-state index in [1.165, 1.54) is 6.07 Å². The summed E-state index contributed by atoms with van der Waals surface area (Å²) < 4.78 is 27.1. The number of aryl methyl sites for hydroxylation is 1. The highest BCUT2D eigenvalue weighted by Crippen LogP contribution is 2.23. The SMILES string of the molecule is Cc1cccc2c(NCCNC(=O)c3c(F)cccc3F)ccnc12. The van der Waals surface area contributed by atoms with Crippen LogP contribution in [0, 0.1) is 18.6 Å². The minimum Gasteiger partial charge on any atom is -0.383 e. The highest BCUT2D eigenvalue weighted by Gasteiger charge is 2.16. The van der Waals surface area contributed by atoms with Crippen molar-refractivity contribution in [3.05, 3.63) is 71.4 Å². The molecule has 1 heterocycles. The van der Waals surface area contributed by atoms with Gasteiger partial charge in [0.1, 0.15) is 17.2 Å². The van der Waals surface area contributed by atoms with E-state index < -0.39 is 23.1 Å². The molecule has 3 aromatic rings. The van der Waals surface area contributed by atoms with E-state index in [9.17, 15) is 13.6 Å². The van der Waals surface area contributed by atoms with Crippen LogP contribution in [0.2, 0.25) is 0 Å². The number of para-hydroxylation sites is 1. The summed E-state index contributed by atoms with van der Waals surface area (Å²) in [6.07, 6.45) is 1.71. The number of nitrogens with one attached hydrogen (secondary N) is 2. The summed E-state index contributed by atoms with van der Waals surface area (Å²) in [5.74, 6) is -2.52. The molecule has 2 N–H and O–H groups in total. The first-order valence-electron chi connectivity index (χ1n) is 7.88. The van der Waals surface area contributed by atoms with E-state index in [1.807, 2.05) is 31.2 Å². The van der Waals surface area contributed by atoms with Crippen LogP contribution >= 0.6 is 0 Å². The molecule has 6 heteroatoms. The van der Waals surface area contributed by atoms with Crippen molar-refractivity contribution in [1.29, 1.82) is 0 Å². The molecule has 2 aromatic carbocycles. The fraction of sp³-hybridized carbons (Fsp3) is 0.158. The van der Waals surface area contributed by atoms with Crippen molar-refractivity contribution < 1.29 is 13.6 Å². The number of halogens is 2. The zero-order valence-electron chi connectivity index (χ0n) is 13.6. The number of nitrogens with zero attached hydrogens (tertiary/aromatic N) is 1. The van der Waals surface area contributed by atoms with Gasteiger partial charge in [-0.25, -0.2) is 8.78 Å². The second-order valence-electron chi connectivity index (χ2n) is 5.61. The third-order valence-electron chi connectivity index (χ3n) is 3.89. The molecule has 0 aliphatic carbocycles. The molecule has 0 saturated carbocycles. The van der Waals surface area contributed by atoms with Crippen molar-refractivity contribution >= 4 is 22.5 Å². The van der Waals surface area contributed by atoms with Gasteiger partial charge in [0.05, 0.1) is 5.52 Å². The lowest BCUT2D eigenvalue weighted by molar-refractivity contribution is 0.0947. The monoisotopic (exact) mass is 341 g/mol. The fourth-order valence-corrected chi connectivity index (χ4v) is 2.65. The molecule has 0 aliphatic heterocycles. The highest BCUT2D eigenvalue weighted by atomic mass is 19.1. The molecule has 0 radical (unpaired) electrons. The minimum atomic E-state index is -0.874. The molecule has 1 amide bonds. The Morgan fingerprint density at radius 1 is 1.04 bits per heavy atom. The Bertz CT molecular complexity index is 907. The smallest absolute Gasteiger partial charge is 0.257 e. The molecule has 0 fully saturated rings. The number of carbonyl (C=O) groups excluding carboxylic acids is 1. The zero-order chi connectivity index (χ0) is 17.8. The second kappa shape index (κ2) is 7.25. The van der Waals surface area contributed by atoms with E-state index >= 15 is 0 Å². The highest BCUT2D eigenvalue weighted by molar-refractivity contribution is 5.95. The normalized spacial score (nSPS) is 10.7. The van der Waals surface area contributed by atoms with Crippen molar-refractivity contribution in [2.45, 2.75) is 6.92 Å². The van der Waals surface area contributed by atoms with E-state index in [-0.39, 0.29) is 6.54 Å². The number of aromatic nitrogens is 1. The summed E-state index contributed by atoms with van der Waals surface area (Å²) in [5, 5.41) is 6.70. The fourth-order valence-electron chi connectivity index (χ4n) is 2.65. The molecule has 25 heavy (non-hydrogen) atoms. The molecule has 0 unspecified atom stereocenters. The Morgan fingerprint density at radius 3 is 2.52 bits per heavy atom. The zero-order valence-corrected chi connectivity index (χ0v) is 13.6. The Hall–Kier alpha value is -3.02. The minimum absolute atomic E-state index is 0.224. The summed E-state index contributed by atoms with van der Waals surface area (Å²) in [5.41, 5.74) is 2.31. The van der Waals surface area contributed by atoms with Crippen molar-refractivity contribution in [2.24, 2.45) is 0 Å². The van der Waals surface area contributed by atoms with Gasteiger partial charge in [-0.2, -0.15) is 0 Å². The Labute approximate surface area is 143 Å². The van der Waals surface area contributed by atoms with Crippen LogP contribution in [0.1, 0.15) is 15.9 Å². The van der Waals surface area contributed by atoms with E-state index in [4.69, 9.17) is 0 Å². The molecule has 0 bridgehead atoms. The Morgan fingerprint density at radius 2 is 1.76 bits per heavy atom. The van der Waals surface area contributed by atoms with Gasteiger partial charge in [-0.3, -0.25) is 9.78 Å². The number of amides is 1. The summed E-state index contributed by atoms with van der Waals surface area (Å²) in [4.78, 5) is 16.3. The molecule has 0 spiro atoms. The van der Waals surface area contributed by atoms with E-state index in [0.29, 0.717) is 6.54 Å². The van der Waals surface area contributed by atoms with Gasteiger partial charge in [0.2, 0.25) is 0 Å². The number of pyridine rings is 1. The lowest BCUT2D eigenvalue weighted by Gasteiger charge is -2.11. The summed E-state index contributed by atoms with van der Waals surface area (Å²) in [6, 6.07) is 11.1. The van der Waals surface area contributed by atoms with Gasteiger partial charge in [0.15, 0.2) is 0 Å². The molecule has 0 saturated heterocycles. The van der Waals surface area contributed by atoms with Gasteiger partial charge in [0.25, 0.3) is 5.91 Å². The largest absolute Gasteiger partial charge is 0.383 e. The van der Waals surface area contributed by atoms with Gasteiger partial charge >= 0.3 is 0 Å². The molecular weight excluding hydrogens is 324 g/mol. The van der Waals surface area contributed by atoms with Crippen molar-refractivity contribution in [3.8, 4) is 0 Å². The van der Waals surface area contributed by atoms with E-state index in [0.717, 1.165) is 34.3 Å². The molecule has 4 nitrogen and oxygen atoms in total. The first-order valence-corrected chi connectivity index (χ1v) is 7.88. The van der Waals surface area contributed by atoms with E-state index in [2.05, 4.69) is 15.6 Å². The summed E-state index contributed by atoms with van der Waals surface area (Å²) in [6.45, 7) is 2.62. The topological polar surface area (TPSA) is 54.0 Å². The number of rotatable bonds is 5. The van der Waals surface area contributed by atoms with Crippen LogP contribution in [-0.2, 0) is 0 Å². The molecule has 0 atom stereocenters. The molecule has 128 valence electrons.